The number of ether oxygens (including phenoxy) is 1. The Morgan fingerprint density at radius 3 is 2.97 bits per heavy atom. The van der Waals surface area contributed by atoms with Crippen LogP contribution in [0.1, 0.15) is 30.2 Å². The van der Waals surface area contributed by atoms with E-state index in [1.165, 1.54) is 24.2 Å². The normalized spacial score (nSPS) is 25.5. The fourth-order valence-electron chi connectivity index (χ4n) is 4.49. The summed E-state index contributed by atoms with van der Waals surface area (Å²) in [4.78, 5) is 17.7. The maximum Gasteiger partial charge on any atom is 0.156 e. The van der Waals surface area contributed by atoms with Crippen LogP contribution in [0, 0.1) is 35.4 Å². The van der Waals surface area contributed by atoms with Crippen LogP contribution in [-0.2, 0) is 12.0 Å². The number of pyridine rings is 1. The van der Waals surface area contributed by atoms with E-state index in [0.717, 1.165) is 5.56 Å². The molecule has 1 aliphatic heterocycles. The van der Waals surface area contributed by atoms with Crippen LogP contribution in [0.2, 0.25) is 0 Å². The van der Waals surface area contributed by atoms with Crippen molar-refractivity contribution in [3.8, 4) is 24.2 Å². The summed E-state index contributed by atoms with van der Waals surface area (Å²) >= 11 is 1.28. The van der Waals surface area contributed by atoms with Crippen molar-refractivity contribution in [3.05, 3.63) is 59.4 Å². The summed E-state index contributed by atoms with van der Waals surface area (Å²) in [5.41, 5.74) is 8.37. The molecule has 2 aromatic heterocycles. The average molecular weight is 459 g/mol. The zero-order valence-corrected chi connectivity index (χ0v) is 18.6. The molecule has 0 spiro atoms. The molecule has 164 valence electrons. The number of aromatic nitrogens is 3. The van der Waals surface area contributed by atoms with E-state index < -0.39 is 10.3 Å². The lowest BCUT2D eigenvalue weighted by Gasteiger charge is -2.32. The summed E-state index contributed by atoms with van der Waals surface area (Å²) in [6.07, 6.45) is 9.33. The number of halogens is 1. The Balaban J connectivity index is 1.50. The van der Waals surface area contributed by atoms with Crippen molar-refractivity contribution >= 4 is 28.0 Å². The number of hydrogen-bond donors (Lipinski definition) is 1. The molecule has 0 unspecified atom stereocenters. The third-order valence-electron chi connectivity index (χ3n) is 6.20. The molecule has 0 radical (unpaired) electrons. The molecule has 3 aromatic rings. The lowest BCUT2D eigenvalue weighted by atomic mass is 9.84. The predicted octanol–water partition coefficient (Wildman–Crippen LogP) is 3.33. The van der Waals surface area contributed by atoms with Gasteiger partial charge in [0.25, 0.3) is 0 Å². The summed E-state index contributed by atoms with van der Waals surface area (Å²) in [7, 11) is 0. The lowest BCUT2D eigenvalue weighted by Crippen LogP contribution is -2.35. The van der Waals surface area contributed by atoms with Crippen molar-refractivity contribution in [2.75, 3.05) is 6.61 Å². The molecule has 2 aliphatic rings. The molecule has 1 saturated carbocycles. The first-order chi connectivity index (χ1) is 15.9. The molecule has 33 heavy (non-hydrogen) atoms. The van der Waals surface area contributed by atoms with E-state index >= 15 is 4.39 Å². The monoisotopic (exact) mass is 458 g/mol. The number of terminal acetylenes is 1. The summed E-state index contributed by atoms with van der Waals surface area (Å²) in [5, 5.41) is 9.97. The predicted molar refractivity (Wildman–Crippen MR) is 124 cm³/mol. The molecular weight excluding hydrogens is 439 g/mol. The van der Waals surface area contributed by atoms with Gasteiger partial charge in [0.05, 0.1) is 29.0 Å². The third kappa shape index (κ3) is 3.55. The van der Waals surface area contributed by atoms with E-state index in [9.17, 15) is 5.26 Å². The topological polar surface area (TPSA) is 110 Å². The first-order valence-corrected chi connectivity index (χ1v) is 11.1. The molecule has 3 atom stereocenters. The van der Waals surface area contributed by atoms with Crippen LogP contribution in [0.4, 0.5) is 4.39 Å². The highest BCUT2D eigenvalue weighted by molar-refractivity contribution is 8.15. The van der Waals surface area contributed by atoms with Gasteiger partial charge < -0.3 is 10.5 Å². The number of nitrogens with two attached hydrogens (primary N) is 1. The molecule has 1 fully saturated rings. The average Bonchev–Trinajstić information content (AvgIpc) is 3.55. The standard InChI is InChI=1S/C24H19FN6OS/c1-3-6-32-15-9-19-21(28-11-15)18(29-13-30-19)8-14-4-5-17(25)16(7-14)23(2)20-10-24(20,12-26)33-22(27)31-23/h1,4-5,7,9,11,13,20H,6,8,10H2,2H3,(H2,27,31)/t20-,23+,24+/m0/s1. The van der Waals surface area contributed by atoms with Gasteiger partial charge >= 0.3 is 0 Å². The highest BCUT2D eigenvalue weighted by Gasteiger charge is 2.67. The van der Waals surface area contributed by atoms with Crippen molar-refractivity contribution in [1.82, 2.24) is 15.0 Å². The number of hydrogen-bond acceptors (Lipinski definition) is 8. The fourth-order valence-corrected chi connectivity index (χ4v) is 5.77. The molecule has 0 saturated heterocycles. The van der Waals surface area contributed by atoms with Crippen LogP contribution in [0.5, 0.6) is 5.75 Å². The number of nitrogens with zero attached hydrogens (tertiary/aromatic N) is 5. The van der Waals surface area contributed by atoms with Gasteiger partial charge in [-0.2, -0.15) is 5.26 Å². The van der Waals surface area contributed by atoms with Gasteiger partial charge in [0.1, 0.15) is 34.8 Å². The van der Waals surface area contributed by atoms with Crippen molar-refractivity contribution in [3.63, 3.8) is 0 Å². The summed E-state index contributed by atoms with van der Waals surface area (Å²) in [6, 6.07) is 9.06. The molecule has 0 amide bonds. The molecule has 1 aliphatic carbocycles. The van der Waals surface area contributed by atoms with Gasteiger partial charge in [-0.1, -0.05) is 29.8 Å². The number of nitriles is 1. The van der Waals surface area contributed by atoms with Crippen molar-refractivity contribution in [2.45, 2.75) is 30.1 Å². The Hall–Kier alpha value is -3.69. The Morgan fingerprint density at radius 1 is 1.33 bits per heavy atom. The third-order valence-corrected chi connectivity index (χ3v) is 7.41. The molecular formula is C24H19FN6OS. The number of benzene rings is 1. The van der Waals surface area contributed by atoms with E-state index in [2.05, 4.69) is 31.9 Å². The van der Waals surface area contributed by atoms with Crippen LogP contribution in [0.25, 0.3) is 11.0 Å². The van der Waals surface area contributed by atoms with E-state index in [1.807, 2.05) is 6.92 Å². The maximum absolute atomic E-state index is 15.0. The largest absolute Gasteiger partial charge is 0.479 e. The zero-order chi connectivity index (χ0) is 23.2. The molecule has 5 rings (SSSR count). The van der Waals surface area contributed by atoms with Crippen LogP contribution >= 0.6 is 11.8 Å². The SMILES string of the molecule is C#CCOc1cnc2c(Cc3ccc(F)c([C@@]4(C)N=C(N)S[C@@]5(C#N)C[C@H]54)c3)ncnc2c1. The summed E-state index contributed by atoms with van der Waals surface area (Å²) in [5.74, 6) is 2.47. The van der Waals surface area contributed by atoms with E-state index in [0.29, 0.717) is 46.0 Å². The minimum absolute atomic E-state index is 0.0972. The smallest absolute Gasteiger partial charge is 0.156 e. The number of amidine groups is 1. The minimum atomic E-state index is -0.902. The van der Waals surface area contributed by atoms with Crippen LogP contribution in [-0.4, -0.2) is 31.5 Å². The molecule has 0 bridgehead atoms. The minimum Gasteiger partial charge on any atom is -0.479 e. The van der Waals surface area contributed by atoms with E-state index in [-0.39, 0.29) is 18.3 Å². The van der Waals surface area contributed by atoms with Gasteiger partial charge in [0.15, 0.2) is 5.17 Å². The van der Waals surface area contributed by atoms with Gasteiger partial charge in [-0.15, -0.1) is 6.42 Å². The van der Waals surface area contributed by atoms with Gasteiger partial charge in [-0.05, 0) is 25.0 Å². The van der Waals surface area contributed by atoms with Crippen LogP contribution in [0.3, 0.4) is 0 Å². The van der Waals surface area contributed by atoms with E-state index in [4.69, 9.17) is 16.9 Å². The van der Waals surface area contributed by atoms with E-state index in [1.54, 1.807) is 24.4 Å². The summed E-state index contributed by atoms with van der Waals surface area (Å²) in [6.45, 7) is 1.99. The van der Waals surface area contributed by atoms with Crippen LogP contribution < -0.4 is 10.5 Å². The number of thioether (sulfide) groups is 1. The highest BCUT2D eigenvalue weighted by Crippen LogP contribution is 2.65. The quantitative estimate of drug-likeness (QED) is 0.584. The number of fused-ring (bicyclic) bond motifs is 2. The molecule has 3 heterocycles. The van der Waals surface area contributed by atoms with Gasteiger partial charge in [-0.3, -0.25) is 4.99 Å². The van der Waals surface area contributed by atoms with Crippen molar-refractivity contribution < 1.29 is 9.13 Å². The summed E-state index contributed by atoms with van der Waals surface area (Å²) < 4.78 is 19.8. The second-order valence-corrected chi connectivity index (χ2v) is 9.65. The highest BCUT2D eigenvalue weighted by atomic mass is 32.2. The number of rotatable bonds is 5. The van der Waals surface area contributed by atoms with Gasteiger partial charge in [-0.25, -0.2) is 19.3 Å². The molecule has 1 aromatic carbocycles. The Labute approximate surface area is 194 Å². The molecule has 7 nitrogen and oxygen atoms in total. The van der Waals surface area contributed by atoms with Crippen LogP contribution in [0.15, 0.2) is 41.8 Å². The molecule has 2 N–H and O–H groups in total. The van der Waals surface area contributed by atoms with Gasteiger partial charge in [0, 0.05) is 24.0 Å². The Kier molecular flexibility index (Phi) is 4.95. The Bertz CT molecular complexity index is 1400. The number of aliphatic imine (C=N–C) groups is 1. The first-order valence-electron chi connectivity index (χ1n) is 10.3. The fraction of sp³-hybridized carbons (Fsp3) is 0.292. The second kappa shape index (κ2) is 7.72. The second-order valence-electron chi connectivity index (χ2n) is 8.30. The van der Waals surface area contributed by atoms with Crippen molar-refractivity contribution in [2.24, 2.45) is 16.6 Å². The zero-order valence-electron chi connectivity index (χ0n) is 17.7. The molecule has 9 heteroatoms. The Morgan fingerprint density at radius 2 is 2.18 bits per heavy atom. The first kappa shape index (κ1) is 21.2. The lowest BCUT2D eigenvalue weighted by molar-refractivity contribution is 0.369. The van der Waals surface area contributed by atoms with Crippen molar-refractivity contribution in [1.29, 1.82) is 5.26 Å². The maximum atomic E-state index is 15.0. The van der Waals surface area contributed by atoms with Gasteiger partial charge in [0.2, 0.25) is 0 Å².